The number of hydrogen-bond acceptors (Lipinski definition) is 1. The second kappa shape index (κ2) is 9.25. The molecule has 0 bridgehead atoms. The summed E-state index contributed by atoms with van der Waals surface area (Å²) < 4.78 is 0. The summed E-state index contributed by atoms with van der Waals surface area (Å²) >= 11 is 0. The predicted octanol–water partition coefficient (Wildman–Crippen LogP) is -0.734. The summed E-state index contributed by atoms with van der Waals surface area (Å²) in [7, 11) is 0. The van der Waals surface area contributed by atoms with Gasteiger partial charge in [-0.1, -0.05) is 0 Å². The molecule has 0 aromatic rings. The molecule has 35 valence electrons. The van der Waals surface area contributed by atoms with Crippen LogP contribution in [0.1, 0.15) is 6.92 Å². The Balaban J connectivity index is -0.0000000450. The molecule has 3 N–H and O–H groups in total. The van der Waals surface area contributed by atoms with Crippen LogP contribution in [0.5, 0.6) is 0 Å². The van der Waals surface area contributed by atoms with Crippen molar-refractivity contribution in [1.82, 2.24) is 0 Å². The van der Waals surface area contributed by atoms with Gasteiger partial charge in [-0.15, -0.1) is 0 Å². The van der Waals surface area contributed by atoms with Gasteiger partial charge in [0.2, 0.25) is 0 Å². The maximum absolute atomic E-state index is 9.00. The van der Waals surface area contributed by atoms with E-state index in [0.717, 1.165) is 6.92 Å². The van der Waals surface area contributed by atoms with Gasteiger partial charge in [-0.25, -0.2) is 0 Å². The van der Waals surface area contributed by atoms with Crippen LogP contribution in [-0.4, -0.2) is 16.6 Å². The smallest absolute Gasteiger partial charge is 0.300 e. The Morgan fingerprint density at radius 1 is 1.67 bits per heavy atom. The van der Waals surface area contributed by atoms with Crippen LogP contribution in [0, 0.1) is 41.3 Å². The fraction of sp³-hybridized carbons (Fsp3) is 0.500. The molecule has 0 saturated carbocycles. The zero-order valence-electron chi connectivity index (χ0n) is 3.43. The van der Waals surface area contributed by atoms with Crippen LogP contribution in [0.15, 0.2) is 0 Å². The third-order valence-corrected chi connectivity index (χ3v) is 0. The molecule has 3 nitrogen and oxygen atoms in total. The van der Waals surface area contributed by atoms with Crippen LogP contribution < -0.4 is 0 Å². The zero-order chi connectivity index (χ0) is 3.58. The van der Waals surface area contributed by atoms with E-state index in [1.165, 1.54) is 0 Å². The molecule has 0 rings (SSSR count). The minimum Gasteiger partial charge on any atom is -0.481 e. The third kappa shape index (κ3) is 110. The minimum absolute atomic E-state index is 0. The number of aliphatic carboxylic acids is 1. The average Bonchev–Trinajstić information content (AvgIpc) is 0.811. The quantitative estimate of drug-likeness (QED) is 0.583. The molecule has 0 aromatic heterocycles. The largest absolute Gasteiger partial charge is 0.481 e. The van der Waals surface area contributed by atoms with Gasteiger partial charge in [-0.05, 0) is 0 Å². The molecule has 4 heteroatoms. The summed E-state index contributed by atoms with van der Waals surface area (Å²) in [4.78, 5) is 9.00. The van der Waals surface area contributed by atoms with E-state index >= 15 is 0 Å². The van der Waals surface area contributed by atoms with Gasteiger partial charge in [0.05, 0.1) is 0 Å². The Bertz CT molecular complexity index is 31.8. The molecular formula is C2H6O3Pr. The first kappa shape index (κ1) is 15.8. The SMILES string of the molecule is CC(=O)O.O.[Pr]. The minimum atomic E-state index is -0.833. The monoisotopic (exact) mass is 219 g/mol. The Morgan fingerprint density at radius 3 is 1.67 bits per heavy atom. The third-order valence-electron chi connectivity index (χ3n) is 0. The van der Waals surface area contributed by atoms with Gasteiger partial charge in [0.15, 0.2) is 0 Å². The van der Waals surface area contributed by atoms with E-state index in [4.69, 9.17) is 9.90 Å². The molecule has 0 aliphatic carbocycles. The Hall–Kier alpha value is 0.794. The van der Waals surface area contributed by atoms with Gasteiger partial charge in [0, 0.05) is 48.2 Å². The van der Waals surface area contributed by atoms with E-state index in [1.807, 2.05) is 0 Å². The molecule has 0 saturated heterocycles. The van der Waals surface area contributed by atoms with Crippen molar-refractivity contribution in [2.45, 2.75) is 6.92 Å². The fourth-order valence-corrected chi connectivity index (χ4v) is 0. The first-order valence-corrected chi connectivity index (χ1v) is 0.928. The number of hydrogen-bond donors (Lipinski definition) is 1. The molecule has 0 atom stereocenters. The molecule has 0 unspecified atom stereocenters. The van der Waals surface area contributed by atoms with Gasteiger partial charge in [-0.3, -0.25) is 4.79 Å². The van der Waals surface area contributed by atoms with Crippen molar-refractivity contribution in [2.75, 3.05) is 0 Å². The Labute approximate surface area is 69.0 Å². The number of carboxylic acids is 1. The molecule has 0 fully saturated rings. The van der Waals surface area contributed by atoms with E-state index < -0.39 is 5.97 Å². The van der Waals surface area contributed by atoms with E-state index in [2.05, 4.69) is 0 Å². The first-order chi connectivity index (χ1) is 1.73. The van der Waals surface area contributed by atoms with Crippen molar-refractivity contribution in [3.8, 4) is 0 Å². The standard InChI is InChI=1S/C2H4O2.H2O.Pr/c1-2(3)4;;/h1H3,(H,3,4);1H2;. The first-order valence-electron chi connectivity index (χ1n) is 0.928. The maximum Gasteiger partial charge on any atom is 0.300 e. The van der Waals surface area contributed by atoms with Crippen molar-refractivity contribution in [1.29, 1.82) is 0 Å². The zero-order valence-corrected chi connectivity index (χ0v) is 7.14. The second-order valence-corrected chi connectivity index (χ2v) is 0.519. The van der Waals surface area contributed by atoms with Crippen molar-refractivity contribution >= 4 is 5.97 Å². The van der Waals surface area contributed by atoms with E-state index in [0.29, 0.717) is 0 Å². The molecular weight excluding hydrogens is 213 g/mol. The van der Waals surface area contributed by atoms with Crippen LogP contribution in [-0.2, 0) is 4.79 Å². The molecule has 0 aromatic carbocycles. The van der Waals surface area contributed by atoms with E-state index in [9.17, 15) is 0 Å². The van der Waals surface area contributed by atoms with Gasteiger partial charge in [-0.2, -0.15) is 0 Å². The predicted molar refractivity (Wildman–Crippen MR) is 16.9 cm³/mol. The van der Waals surface area contributed by atoms with Crippen LogP contribution >= 0.6 is 0 Å². The summed E-state index contributed by atoms with van der Waals surface area (Å²) in [5.41, 5.74) is 0. The summed E-state index contributed by atoms with van der Waals surface area (Å²) in [6.07, 6.45) is 0. The van der Waals surface area contributed by atoms with E-state index in [-0.39, 0.29) is 46.8 Å². The van der Waals surface area contributed by atoms with E-state index in [1.54, 1.807) is 0 Å². The topological polar surface area (TPSA) is 68.8 Å². The molecule has 0 amide bonds. The fourth-order valence-electron chi connectivity index (χ4n) is 0. The normalized spacial score (nSPS) is 4.17. The molecule has 0 spiro atoms. The Kier molecular flexibility index (Phi) is 24.4. The number of carboxylic acid groups (broad SMARTS) is 1. The summed E-state index contributed by atoms with van der Waals surface area (Å²) in [6.45, 7) is 1.08. The second-order valence-electron chi connectivity index (χ2n) is 0.519. The summed E-state index contributed by atoms with van der Waals surface area (Å²) in [6, 6.07) is 0. The van der Waals surface area contributed by atoms with Crippen LogP contribution in [0.25, 0.3) is 0 Å². The van der Waals surface area contributed by atoms with Crippen molar-refractivity contribution in [3.63, 3.8) is 0 Å². The van der Waals surface area contributed by atoms with Crippen LogP contribution in [0.3, 0.4) is 0 Å². The van der Waals surface area contributed by atoms with Crippen molar-refractivity contribution in [3.05, 3.63) is 0 Å². The van der Waals surface area contributed by atoms with Crippen molar-refractivity contribution in [2.24, 2.45) is 0 Å². The molecule has 0 aliphatic rings. The van der Waals surface area contributed by atoms with Gasteiger partial charge in [0.1, 0.15) is 0 Å². The van der Waals surface area contributed by atoms with Crippen molar-refractivity contribution < 1.29 is 56.7 Å². The number of rotatable bonds is 0. The molecule has 1 radical (unpaired) electrons. The molecule has 6 heavy (non-hydrogen) atoms. The summed E-state index contributed by atoms with van der Waals surface area (Å²) in [5.74, 6) is -0.833. The average molecular weight is 219 g/mol. The van der Waals surface area contributed by atoms with Gasteiger partial charge in [0.25, 0.3) is 5.97 Å². The number of carbonyl (C=O) groups is 1. The van der Waals surface area contributed by atoms with Gasteiger partial charge < -0.3 is 10.6 Å². The van der Waals surface area contributed by atoms with Crippen LogP contribution in [0.4, 0.5) is 0 Å². The Morgan fingerprint density at radius 2 is 1.67 bits per heavy atom. The molecule has 0 heterocycles. The van der Waals surface area contributed by atoms with Gasteiger partial charge >= 0.3 is 0 Å². The van der Waals surface area contributed by atoms with Crippen LogP contribution in [0.2, 0.25) is 0 Å². The molecule has 0 aliphatic heterocycles. The maximum atomic E-state index is 9.00. The summed E-state index contributed by atoms with van der Waals surface area (Å²) in [5, 5.41) is 7.42.